The molecule has 1 saturated heterocycles. The van der Waals surface area contributed by atoms with Gasteiger partial charge in [-0.15, -0.1) is 0 Å². The number of nitrogens with zero attached hydrogens (tertiary/aromatic N) is 1. The maximum atomic E-state index is 14.2. The second-order valence-corrected chi connectivity index (χ2v) is 9.43. The molecule has 0 bridgehead atoms. The van der Waals surface area contributed by atoms with Crippen LogP contribution >= 0.6 is 0 Å². The lowest BCUT2D eigenvalue weighted by molar-refractivity contribution is -0.118. The Hall–Kier alpha value is -3.86. The van der Waals surface area contributed by atoms with Gasteiger partial charge in [0.1, 0.15) is 11.2 Å². The summed E-state index contributed by atoms with van der Waals surface area (Å²) in [5.74, 6) is -1.73. The van der Waals surface area contributed by atoms with Crippen LogP contribution in [0, 0.1) is 18.2 Å². The number of hydrogen-bond acceptors (Lipinski definition) is 4. The van der Waals surface area contributed by atoms with Crippen molar-refractivity contribution in [2.75, 3.05) is 4.90 Å². The summed E-state index contributed by atoms with van der Waals surface area (Å²) < 4.78 is 14.0. The van der Waals surface area contributed by atoms with Gasteiger partial charge in [0, 0.05) is 28.3 Å². The van der Waals surface area contributed by atoms with Crippen LogP contribution in [0.4, 0.5) is 10.1 Å². The molecule has 2 heterocycles. The maximum absolute atomic E-state index is 14.2. The van der Waals surface area contributed by atoms with Crippen LogP contribution in [0.2, 0.25) is 0 Å². The third-order valence-electron chi connectivity index (χ3n) is 7.62. The predicted octanol–water partition coefficient (Wildman–Crippen LogP) is 5.16. The van der Waals surface area contributed by atoms with E-state index in [1.165, 1.54) is 19.1 Å². The van der Waals surface area contributed by atoms with Gasteiger partial charge in [-0.2, -0.15) is 0 Å². The zero-order valence-corrected chi connectivity index (χ0v) is 18.8. The van der Waals surface area contributed by atoms with E-state index in [-0.39, 0.29) is 23.2 Å². The molecule has 0 aromatic heterocycles. The summed E-state index contributed by atoms with van der Waals surface area (Å²) >= 11 is 0. The van der Waals surface area contributed by atoms with Crippen LogP contribution in [0.3, 0.4) is 0 Å². The molecule has 2 aliphatic heterocycles. The van der Waals surface area contributed by atoms with E-state index in [1.54, 1.807) is 42.5 Å². The van der Waals surface area contributed by atoms with E-state index in [9.17, 15) is 18.8 Å². The molecule has 0 N–H and O–H groups in total. The third kappa shape index (κ3) is 2.50. The lowest BCUT2D eigenvalue weighted by Crippen LogP contribution is -2.48. The molecule has 168 valence electrons. The number of anilines is 1. The monoisotopic (exact) mass is 451 g/mol. The van der Waals surface area contributed by atoms with Crippen LogP contribution < -0.4 is 4.90 Å². The van der Waals surface area contributed by atoms with Crippen LogP contribution in [0.5, 0.6) is 0 Å². The lowest BCUT2D eigenvalue weighted by atomic mass is 9.64. The first kappa shape index (κ1) is 20.7. The summed E-state index contributed by atoms with van der Waals surface area (Å²) in [6, 6.07) is 17.6. The molecule has 1 spiro atoms. The van der Waals surface area contributed by atoms with Gasteiger partial charge < -0.3 is 4.90 Å². The highest BCUT2D eigenvalue weighted by Gasteiger charge is 2.71. The minimum Gasteiger partial charge on any atom is -0.352 e. The SMILES string of the molecule is CC(=O)C1C(c2ccc(C)cc2)C2(C(=O)c3ccccc3C2=O)C2C=Cc3cc(F)ccc3N12. The first-order chi connectivity index (χ1) is 16.4. The Morgan fingerprint density at radius 2 is 1.59 bits per heavy atom. The van der Waals surface area contributed by atoms with Gasteiger partial charge in [-0.3, -0.25) is 14.4 Å². The quantitative estimate of drug-likeness (QED) is 0.506. The maximum Gasteiger partial charge on any atom is 0.180 e. The largest absolute Gasteiger partial charge is 0.352 e. The van der Waals surface area contributed by atoms with Gasteiger partial charge in [0.05, 0.1) is 12.1 Å². The lowest BCUT2D eigenvalue weighted by Gasteiger charge is -2.37. The number of fused-ring (bicyclic) bond motifs is 5. The highest BCUT2D eigenvalue weighted by molar-refractivity contribution is 6.32. The van der Waals surface area contributed by atoms with Crippen molar-refractivity contribution in [1.29, 1.82) is 0 Å². The Bertz CT molecular complexity index is 1390. The molecule has 3 unspecified atom stereocenters. The highest BCUT2D eigenvalue weighted by atomic mass is 19.1. The van der Waals surface area contributed by atoms with E-state index in [4.69, 9.17) is 0 Å². The Morgan fingerprint density at radius 3 is 2.21 bits per heavy atom. The number of ketones is 3. The van der Waals surface area contributed by atoms with Crippen molar-refractivity contribution in [2.24, 2.45) is 5.41 Å². The number of benzene rings is 3. The van der Waals surface area contributed by atoms with E-state index in [0.29, 0.717) is 22.4 Å². The van der Waals surface area contributed by atoms with Crippen molar-refractivity contribution in [1.82, 2.24) is 0 Å². The zero-order chi connectivity index (χ0) is 23.8. The minimum absolute atomic E-state index is 0.144. The summed E-state index contributed by atoms with van der Waals surface area (Å²) in [5, 5.41) is 0. The van der Waals surface area contributed by atoms with Crippen LogP contribution in [-0.4, -0.2) is 29.4 Å². The standard InChI is InChI=1S/C29H22FNO3/c1-16-7-9-18(10-8-16)25-26(17(2)32)31-23-13-12-20(30)15-19(23)11-14-24(31)29(25)27(33)21-5-3-4-6-22(21)28(29)34/h3-15,24-26H,1-2H3. The molecule has 34 heavy (non-hydrogen) atoms. The van der Waals surface area contributed by atoms with Gasteiger partial charge in [0.25, 0.3) is 0 Å². The van der Waals surface area contributed by atoms with E-state index in [0.717, 1.165) is 11.1 Å². The van der Waals surface area contributed by atoms with Gasteiger partial charge in [-0.1, -0.05) is 66.2 Å². The third-order valence-corrected chi connectivity index (χ3v) is 7.62. The Kier molecular flexibility index (Phi) is 4.31. The number of aryl methyl sites for hydroxylation is 1. The number of hydrogen-bond donors (Lipinski definition) is 0. The molecule has 6 rings (SSSR count). The molecule has 5 heteroatoms. The van der Waals surface area contributed by atoms with Crippen molar-refractivity contribution in [3.05, 3.63) is 106 Å². The highest BCUT2D eigenvalue weighted by Crippen LogP contribution is 2.60. The fourth-order valence-electron chi connectivity index (χ4n) is 6.25. The van der Waals surface area contributed by atoms with Crippen LogP contribution in [0.15, 0.2) is 72.8 Å². The summed E-state index contributed by atoms with van der Waals surface area (Å²) in [6.07, 6.45) is 3.56. The minimum atomic E-state index is -1.49. The van der Waals surface area contributed by atoms with Gasteiger partial charge in [-0.05, 0) is 37.6 Å². The van der Waals surface area contributed by atoms with Gasteiger partial charge in [0.2, 0.25) is 0 Å². The van der Waals surface area contributed by atoms with Crippen LogP contribution in [0.25, 0.3) is 6.08 Å². The Morgan fingerprint density at radius 1 is 0.941 bits per heavy atom. The molecule has 3 aromatic rings. The average Bonchev–Trinajstić information content (AvgIpc) is 3.26. The van der Waals surface area contributed by atoms with Crippen molar-refractivity contribution in [2.45, 2.75) is 31.8 Å². The van der Waals surface area contributed by atoms with Crippen molar-refractivity contribution in [3.63, 3.8) is 0 Å². The van der Waals surface area contributed by atoms with Gasteiger partial charge in [-0.25, -0.2) is 4.39 Å². The van der Waals surface area contributed by atoms with Crippen LogP contribution in [0.1, 0.15) is 50.2 Å². The molecule has 3 aromatic carbocycles. The second kappa shape index (κ2) is 7.07. The van der Waals surface area contributed by atoms with Crippen LogP contribution in [-0.2, 0) is 4.79 Å². The number of carbonyl (C=O) groups is 3. The van der Waals surface area contributed by atoms with E-state index in [2.05, 4.69) is 0 Å². The fraction of sp³-hybridized carbons (Fsp3) is 0.207. The smallest absolute Gasteiger partial charge is 0.180 e. The van der Waals surface area contributed by atoms with Gasteiger partial charge in [0.15, 0.2) is 17.3 Å². The number of halogens is 1. The van der Waals surface area contributed by atoms with Crippen molar-refractivity contribution < 1.29 is 18.8 Å². The average molecular weight is 451 g/mol. The molecule has 0 amide bonds. The summed E-state index contributed by atoms with van der Waals surface area (Å²) in [6.45, 7) is 3.47. The molecule has 3 atom stereocenters. The normalized spacial score (nSPS) is 23.7. The first-order valence-electron chi connectivity index (χ1n) is 11.4. The Balaban J connectivity index is 1.68. The van der Waals surface area contributed by atoms with Crippen molar-refractivity contribution in [3.8, 4) is 0 Å². The fourth-order valence-corrected chi connectivity index (χ4v) is 6.25. The summed E-state index contributed by atoms with van der Waals surface area (Å²) in [4.78, 5) is 43.6. The molecular weight excluding hydrogens is 429 g/mol. The first-order valence-corrected chi connectivity index (χ1v) is 11.4. The second-order valence-electron chi connectivity index (χ2n) is 9.43. The van der Waals surface area contributed by atoms with Crippen molar-refractivity contribution >= 4 is 29.1 Å². The molecule has 0 radical (unpaired) electrons. The molecule has 0 saturated carbocycles. The van der Waals surface area contributed by atoms with Gasteiger partial charge >= 0.3 is 0 Å². The topological polar surface area (TPSA) is 54.5 Å². The van der Waals surface area contributed by atoms with E-state index in [1.807, 2.05) is 36.1 Å². The summed E-state index contributed by atoms with van der Waals surface area (Å²) in [5.41, 5.74) is 2.39. The molecule has 1 aliphatic carbocycles. The zero-order valence-electron chi connectivity index (χ0n) is 18.8. The Labute approximate surface area is 196 Å². The molecule has 3 aliphatic rings. The number of carbonyl (C=O) groups excluding carboxylic acids is 3. The predicted molar refractivity (Wildman–Crippen MR) is 128 cm³/mol. The van der Waals surface area contributed by atoms with E-state index >= 15 is 0 Å². The van der Waals surface area contributed by atoms with E-state index < -0.39 is 23.4 Å². The number of rotatable bonds is 2. The molecule has 4 nitrogen and oxygen atoms in total. The number of Topliss-reactive ketones (excluding diaryl/α,β-unsaturated/α-hetero) is 3. The summed E-state index contributed by atoms with van der Waals surface area (Å²) in [7, 11) is 0. The molecular formula is C29H22FNO3. The molecule has 1 fully saturated rings.